The molecule has 32 heavy (non-hydrogen) atoms. The molecule has 0 aliphatic carbocycles. The molecule has 0 radical (unpaired) electrons. The molecule has 1 amide bonds. The highest BCUT2D eigenvalue weighted by Gasteiger charge is 2.33. The van der Waals surface area contributed by atoms with Crippen LogP contribution in [-0.4, -0.2) is 17.2 Å². The zero-order chi connectivity index (χ0) is 23.3. The number of hydrazone groups is 1. The molecular formula is C21H14Cl3F3N4O. The summed E-state index contributed by atoms with van der Waals surface area (Å²) in [5.74, 6) is -1.74. The minimum atomic E-state index is -4.62. The number of nitrogens with one attached hydrogen (secondary N) is 2. The monoisotopic (exact) mass is 500 g/mol. The van der Waals surface area contributed by atoms with Gasteiger partial charge in [0.05, 0.1) is 27.0 Å². The average molecular weight is 502 g/mol. The van der Waals surface area contributed by atoms with E-state index in [9.17, 15) is 18.0 Å². The largest absolute Gasteiger partial charge is 0.417 e. The Morgan fingerprint density at radius 2 is 1.72 bits per heavy atom. The maximum Gasteiger partial charge on any atom is 0.417 e. The van der Waals surface area contributed by atoms with Crippen molar-refractivity contribution in [1.82, 2.24) is 10.3 Å². The van der Waals surface area contributed by atoms with E-state index in [-0.39, 0.29) is 10.7 Å². The number of aromatic nitrogens is 1. The Balaban J connectivity index is 1.86. The van der Waals surface area contributed by atoms with Crippen LogP contribution < -0.4 is 10.7 Å². The molecule has 3 rings (SSSR count). The van der Waals surface area contributed by atoms with Crippen LogP contribution in [0.4, 0.5) is 18.9 Å². The summed E-state index contributed by atoms with van der Waals surface area (Å²) in [7, 11) is 0. The van der Waals surface area contributed by atoms with E-state index in [0.29, 0.717) is 27.5 Å². The minimum absolute atomic E-state index is 0.0491. The van der Waals surface area contributed by atoms with E-state index in [1.54, 1.807) is 48.5 Å². The number of hydrogen-bond donors (Lipinski definition) is 2. The molecule has 0 spiro atoms. The third kappa shape index (κ3) is 5.91. The van der Waals surface area contributed by atoms with Crippen LogP contribution in [0.25, 0.3) is 0 Å². The second kappa shape index (κ2) is 10.2. The molecule has 1 atom stereocenters. The number of hydrogen-bond acceptors (Lipinski definition) is 4. The molecule has 5 nitrogen and oxygen atoms in total. The second-order valence-corrected chi connectivity index (χ2v) is 7.68. The van der Waals surface area contributed by atoms with Crippen molar-refractivity contribution in [1.29, 1.82) is 0 Å². The fourth-order valence-corrected chi connectivity index (χ4v) is 3.32. The summed E-state index contributed by atoms with van der Waals surface area (Å²) >= 11 is 18.0. The van der Waals surface area contributed by atoms with Crippen LogP contribution in [0.2, 0.25) is 15.1 Å². The molecule has 0 fully saturated rings. The fourth-order valence-electron chi connectivity index (χ4n) is 2.74. The summed E-state index contributed by atoms with van der Waals surface area (Å²) in [5.41, 5.74) is 2.54. The highest BCUT2D eigenvalue weighted by atomic mass is 35.5. The van der Waals surface area contributed by atoms with Gasteiger partial charge in [0.25, 0.3) is 0 Å². The summed E-state index contributed by atoms with van der Waals surface area (Å²) in [5, 5.41) is 6.89. The van der Waals surface area contributed by atoms with Gasteiger partial charge in [0.1, 0.15) is 12.3 Å². The first-order valence-electron chi connectivity index (χ1n) is 8.97. The number of anilines is 1. The molecule has 0 saturated heterocycles. The Labute approximate surface area is 196 Å². The Kier molecular flexibility index (Phi) is 7.60. The van der Waals surface area contributed by atoms with E-state index in [1.165, 1.54) is 0 Å². The van der Waals surface area contributed by atoms with Gasteiger partial charge in [0.15, 0.2) is 0 Å². The summed E-state index contributed by atoms with van der Waals surface area (Å²) in [6.07, 6.45) is -2.90. The van der Waals surface area contributed by atoms with Crippen LogP contribution >= 0.6 is 34.8 Å². The first-order chi connectivity index (χ1) is 15.2. The van der Waals surface area contributed by atoms with Gasteiger partial charge in [-0.25, -0.2) is 0 Å². The molecule has 166 valence electrons. The van der Waals surface area contributed by atoms with Crippen LogP contribution in [-0.2, 0) is 11.0 Å². The molecule has 11 heteroatoms. The van der Waals surface area contributed by atoms with Gasteiger partial charge >= 0.3 is 6.18 Å². The van der Waals surface area contributed by atoms with E-state index in [1.807, 2.05) is 0 Å². The standard InChI is InChI=1S/C21H14Cl3F3N4O/c22-14-7-5-12(6-8-14)18(19-16(24)9-13(10-28-19)21(25,26)27)20(32)29-11-30-31-17-4-2-1-3-15(17)23/h1-11,18,31H,(H,29,30,32)/t18-/m0/s1. The molecule has 3 aromatic rings. The van der Waals surface area contributed by atoms with Crippen molar-refractivity contribution in [2.24, 2.45) is 5.10 Å². The number of rotatable bonds is 6. The maximum atomic E-state index is 13.0. The summed E-state index contributed by atoms with van der Waals surface area (Å²) in [6.45, 7) is 0. The number of amides is 1. The summed E-state index contributed by atoms with van der Waals surface area (Å²) in [4.78, 5) is 16.8. The Bertz CT molecular complexity index is 1140. The van der Waals surface area contributed by atoms with Gasteiger partial charge in [-0.1, -0.05) is 59.1 Å². The molecule has 0 saturated carbocycles. The molecular weight excluding hydrogens is 488 g/mol. The smallest absolute Gasteiger partial charge is 0.315 e. The summed E-state index contributed by atoms with van der Waals surface area (Å²) in [6, 6.07) is 13.8. The lowest BCUT2D eigenvalue weighted by molar-refractivity contribution is -0.137. The van der Waals surface area contributed by atoms with Crippen LogP contribution in [0.3, 0.4) is 0 Å². The van der Waals surface area contributed by atoms with Crippen molar-refractivity contribution in [3.8, 4) is 0 Å². The van der Waals surface area contributed by atoms with Crippen LogP contribution in [0.1, 0.15) is 22.7 Å². The molecule has 0 bridgehead atoms. The normalized spacial score (nSPS) is 12.6. The third-order valence-corrected chi connectivity index (χ3v) is 5.15. The minimum Gasteiger partial charge on any atom is -0.315 e. The highest BCUT2D eigenvalue weighted by molar-refractivity contribution is 6.33. The first-order valence-corrected chi connectivity index (χ1v) is 10.1. The Morgan fingerprint density at radius 3 is 2.34 bits per heavy atom. The number of alkyl halides is 3. The van der Waals surface area contributed by atoms with Crippen molar-refractivity contribution in [3.05, 3.63) is 92.7 Å². The molecule has 2 N–H and O–H groups in total. The average Bonchev–Trinajstić information content (AvgIpc) is 2.74. The predicted molar refractivity (Wildman–Crippen MR) is 119 cm³/mol. The first kappa shape index (κ1) is 23.8. The van der Waals surface area contributed by atoms with Crippen LogP contribution in [0.15, 0.2) is 65.9 Å². The lowest BCUT2D eigenvalue weighted by Gasteiger charge is -2.18. The number of carbonyl (C=O) groups excluding carboxylic acids is 1. The maximum absolute atomic E-state index is 13.0. The number of benzene rings is 2. The van der Waals surface area contributed by atoms with Crippen molar-refractivity contribution in [3.63, 3.8) is 0 Å². The molecule has 1 aromatic heterocycles. The van der Waals surface area contributed by atoms with Gasteiger partial charge in [0, 0.05) is 11.2 Å². The number of nitrogens with zero attached hydrogens (tertiary/aromatic N) is 2. The second-order valence-electron chi connectivity index (χ2n) is 6.43. The lowest BCUT2D eigenvalue weighted by atomic mass is 9.94. The van der Waals surface area contributed by atoms with Gasteiger partial charge in [-0.15, -0.1) is 0 Å². The lowest BCUT2D eigenvalue weighted by Crippen LogP contribution is -2.30. The molecule has 2 aromatic carbocycles. The van der Waals surface area contributed by atoms with E-state index in [0.717, 1.165) is 12.4 Å². The fraction of sp³-hybridized carbons (Fsp3) is 0.0952. The van der Waals surface area contributed by atoms with Gasteiger partial charge in [0.2, 0.25) is 5.91 Å². The number of para-hydroxylation sites is 1. The van der Waals surface area contributed by atoms with Gasteiger partial charge < -0.3 is 5.32 Å². The number of carbonyl (C=O) groups is 1. The predicted octanol–water partition coefficient (Wildman–Crippen LogP) is 6.36. The van der Waals surface area contributed by atoms with Crippen molar-refractivity contribution >= 4 is 52.7 Å². The van der Waals surface area contributed by atoms with Crippen LogP contribution in [0, 0.1) is 0 Å². The molecule has 1 heterocycles. The van der Waals surface area contributed by atoms with E-state index in [2.05, 4.69) is 20.8 Å². The SMILES string of the molecule is O=C(NC=NNc1ccccc1Cl)[C@@H](c1ccc(Cl)cc1)c1ncc(C(F)(F)F)cc1Cl. The van der Waals surface area contributed by atoms with Gasteiger partial charge in [-0.3, -0.25) is 15.2 Å². The zero-order valence-corrected chi connectivity index (χ0v) is 18.3. The van der Waals surface area contributed by atoms with Gasteiger partial charge in [-0.05, 0) is 35.9 Å². The van der Waals surface area contributed by atoms with Crippen molar-refractivity contribution in [2.45, 2.75) is 12.1 Å². The molecule has 0 aliphatic rings. The van der Waals surface area contributed by atoms with Crippen molar-refractivity contribution in [2.75, 3.05) is 5.43 Å². The number of pyridine rings is 1. The topological polar surface area (TPSA) is 66.4 Å². The third-order valence-electron chi connectivity index (χ3n) is 4.27. The quantitative estimate of drug-likeness (QED) is 0.234. The molecule has 0 unspecified atom stereocenters. The Hall–Kier alpha value is -2.81. The zero-order valence-electron chi connectivity index (χ0n) is 16.0. The highest BCUT2D eigenvalue weighted by Crippen LogP contribution is 2.35. The van der Waals surface area contributed by atoms with E-state index in [4.69, 9.17) is 34.8 Å². The number of halogens is 6. The van der Waals surface area contributed by atoms with Crippen LogP contribution in [0.5, 0.6) is 0 Å². The van der Waals surface area contributed by atoms with Crippen molar-refractivity contribution < 1.29 is 18.0 Å². The van der Waals surface area contributed by atoms with E-state index >= 15 is 0 Å². The van der Waals surface area contributed by atoms with Gasteiger partial charge in [-0.2, -0.15) is 18.3 Å². The van der Waals surface area contributed by atoms with E-state index < -0.39 is 23.6 Å². The molecule has 0 aliphatic heterocycles. The summed E-state index contributed by atoms with van der Waals surface area (Å²) < 4.78 is 38.9. The Morgan fingerprint density at radius 1 is 1.03 bits per heavy atom.